The molecule has 3 nitrogen and oxygen atoms in total. The number of halogens is 2. The summed E-state index contributed by atoms with van der Waals surface area (Å²) in [5.41, 5.74) is -0.364. The molecule has 0 bridgehead atoms. The zero-order valence-electron chi connectivity index (χ0n) is 9.47. The van der Waals surface area contributed by atoms with Crippen LogP contribution in [-0.2, 0) is 4.79 Å². The molecule has 1 aliphatic rings. The summed E-state index contributed by atoms with van der Waals surface area (Å²) < 4.78 is 26.6. The molecule has 1 aliphatic heterocycles. The Balaban J connectivity index is 2.07. The summed E-state index contributed by atoms with van der Waals surface area (Å²) in [7, 11) is 0. The molecule has 0 radical (unpaired) electrons. The van der Waals surface area contributed by atoms with E-state index in [-0.39, 0.29) is 23.4 Å². The van der Waals surface area contributed by atoms with Gasteiger partial charge in [0.05, 0.1) is 0 Å². The Morgan fingerprint density at radius 1 is 1.41 bits per heavy atom. The average Bonchev–Trinajstić information content (AvgIpc) is 2.21. The molecule has 92 valence electrons. The van der Waals surface area contributed by atoms with Gasteiger partial charge in [-0.1, -0.05) is 13.0 Å². The van der Waals surface area contributed by atoms with Crippen molar-refractivity contribution in [2.75, 3.05) is 18.4 Å². The van der Waals surface area contributed by atoms with Crippen molar-refractivity contribution in [3.8, 4) is 0 Å². The highest BCUT2D eigenvalue weighted by Crippen LogP contribution is 2.22. The van der Waals surface area contributed by atoms with Crippen molar-refractivity contribution < 1.29 is 13.6 Å². The van der Waals surface area contributed by atoms with Crippen LogP contribution in [0.1, 0.15) is 6.92 Å². The van der Waals surface area contributed by atoms with Crippen molar-refractivity contribution in [1.29, 1.82) is 0 Å². The average molecular weight is 240 g/mol. The van der Waals surface area contributed by atoms with E-state index in [0.29, 0.717) is 0 Å². The summed E-state index contributed by atoms with van der Waals surface area (Å²) in [6.45, 7) is 3.31. The van der Waals surface area contributed by atoms with Crippen molar-refractivity contribution in [3.63, 3.8) is 0 Å². The SMILES string of the molecule is CC(C(=O)Nc1c(F)cccc1F)C1CNC1. The van der Waals surface area contributed by atoms with Crippen LogP contribution in [0, 0.1) is 23.5 Å². The molecule has 1 heterocycles. The van der Waals surface area contributed by atoms with Crippen LogP contribution in [0.3, 0.4) is 0 Å². The number of amides is 1. The maximum atomic E-state index is 13.3. The quantitative estimate of drug-likeness (QED) is 0.845. The van der Waals surface area contributed by atoms with Crippen molar-refractivity contribution >= 4 is 11.6 Å². The topological polar surface area (TPSA) is 41.1 Å². The van der Waals surface area contributed by atoms with Crippen molar-refractivity contribution in [2.24, 2.45) is 11.8 Å². The monoisotopic (exact) mass is 240 g/mol. The van der Waals surface area contributed by atoms with E-state index in [4.69, 9.17) is 0 Å². The molecule has 1 aromatic rings. The summed E-state index contributed by atoms with van der Waals surface area (Å²) in [6.07, 6.45) is 0. The second-order valence-corrected chi connectivity index (χ2v) is 4.29. The molecule has 1 amide bonds. The van der Waals surface area contributed by atoms with E-state index in [2.05, 4.69) is 10.6 Å². The number of nitrogens with one attached hydrogen (secondary N) is 2. The van der Waals surface area contributed by atoms with Crippen LogP contribution in [0.25, 0.3) is 0 Å². The molecule has 1 unspecified atom stereocenters. The van der Waals surface area contributed by atoms with Crippen LogP contribution in [0.5, 0.6) is 0 Å². The first kappa shape index (κ1) is 12.0. The maximum Gasteiger partial charge on any atom is 0.227 e. The fourth-order valence-electron chi connectivity index (χ4n) is 1.73. The zero-order chi connectivity index (χ0) is 12.4. The van der Waals surface area contributed by atoms with Gasteiger partial charge < -0.3 is 10.6 Å². The van der Waals surface area contributed by atoms with E-state index in [9.17, 15) is 13.6 Å². The van der Waals surface area contributed by atoms with Gasteiger partial charge in [-0.05, 0) is 31.1 Å². The fourth-order valence-corrected chi connectivity index (χ4v) is 1.73. The van der Waals surface area contributed by atoms with E-state index in [1.807, 2.05) is 0 Å². The van der Waals surface area contributed by atoms with Gasteiger partial charge in [0.15, 0.2) is 0 Å². The summed E-state index contributed by atoms with van der Waals surface area (Å²) >= 11 is 0. The number of para-hydroxylation sites is 1. The van der Waals surface area contributed by atoms with Crippen LogP contribution >= 0.6 is 0 Å². The first-order valence-corrected chi connectivity index (χ1v) is 5.55. The zero-order valence-corrected chi connectivity index (χ0v) is 9.47. The Morgan fingerprint density at radius 3 is 2.47 bits per heavy atom. The van der Waals surface area contributed by atoms with Crippen molar-refractivity contribution in [3.05, 3.63) is 29.8 Å². The van der Waals surface area contributed by atoms with Crippen LogP contribution in [-0.4, -0.2) is 19.0 Å². The highest BCUT2D eigenvalue weighted by atomic mass is 19.1. The van der Waals surface area contributed by atoms with E-state index in [1.54, 1.807) is 6.92 Å². The van der Waals surface area contributed by atoms with Gasteiger partial charge in [-0.3, -0.25) is 4.79 Å². The molecular weight excluding hydrogens is 226 g/mol. The molecule has 2 N–H and O–H groups in total. The Kier molecular flexibility index (Phi) is 3.38. The number of carbonyl (C=O) groups excluding carboxylic acids is 1. The Morgan fingerprint density at radius 2 is 2.00 bits per heavy atom. The second-order valence-electron chi connectivity index (χ2n) is 4.29. The predicted octanol–water partition coefficient (Wildman–Crippen LogP) is 1.76. The van der Waals surface area contributed by atoms with Gasteiger partial charge in [-0.25, -0.2) is 8.78 Å². The molecule has 1 aromatic carbocycles. The normalized spacial score (nSPS) is 17.4. The number of benzene rings is 1. The lowest BCUT2D eigenvalue weighted by atomic mass is 9.88. The summed E-state index contributed by atoms with van der Waals surface area (Å²) in [5.74, 6) is -1.87. The lowest BCUT2D eigenvalue weighted by Gasteiger charge is -2.31. The molecule has 1 fully saturated rings. The van der Waals surface area contributed by atoms with Gasteiger partial charge in [-0.2, -0.15) is 0 Å². The van der Waals surface area contributed by atoms with Crippen LogP contribution < -0.4 is 10.6 Å². The Bertz CT molecular complexity index is 412. The Hall–Kier alpha value is -1.49. The minimum absolute atomic E-state index is 0.241. The third-order valence-corrected chi connectivity index (χ3v) is 3.14. The minimum atomic E-state index is -0.753. The highest BCUT2D eigenvalue weighted by Gasteiger charge is 2.29. The second kappa shape index (κ2) is 4.79. The molecule has 0 saturated carbocycles. The Labute approximate surface area is 98.2 Å². The molecule has 0 aliphatic carbocycles. The highest BCUT2D eigenvalue weighted by molar-refractivity contribution is 5.92. The van der Waals surface area contributed by atoms with Gasteiger partial charge in [0.2, 0.25) is 5.91 Å². The van der Waals surface area contributed by atoms with Crippen LogP contribution in [0.2, 0.25) is 0 Å². The molecule has 17 heavy (non-hydrogen) atoms. The molecule has 0 spiro atoms. The number of carbonyl (C=O) groups is 1. The molecule has 0 aromatic heterocycles. The van der Waals surface area contributed by atoms with Gasteiger partial charge >= 0.3 is 0 Å². The molecule has 5 heteroatoms. The van der Waals surface area contributed by atoms with Gasteiger partial charge in [0.25, 0.3) is 0 Å². The third-order valence-electron chi connectivity index (χ3n) is 3.14. The van der Waals surface area contributed by atoms with Gasteiger partial charge in [0.1, 0.15) is 17.3 Å². The van der Waals surface area contributed by atoms with Crippen LogP contribution in [0.15, 0.2) is 18.2 Å². The van der Waals surface area contributed by atoms with Gasteiger partial charge in [0, 0.05) is 5.92 Å². The molecule has 2 rings (SSSR count). The van der Waals surface area contributed by atoms with E-state index < -0.39 is 11.6 Å². The van der Waals surface area contributed by atoms with E-state index >= 15 is 0 Å². The number of anilines is 1. The van der Waals surface area contributed by atoms with Gasteiger partial charge in [-0.15, -0.1) is 0 Å². The number of hydrogen-bond donors (Lipinski definition) is 2. The lowest BCUT2D eigenvalue weighted by molar-refractivity contribution is -0.121. The number of rotatable bonds is 3. The number of hydrogen-bond acceptors (Lipinski definition) is 2. The third kappa shape index (κ3) is 2.44. The van der Waals surface area contributed by atoms with Crippen LogP contribution in [0.4, 0.5) is 14.5 Å². The lowest BCUT2D eigenvalue weighted by Crippen LogP contribution is -2.48. The summed E-state index contributed by atoms with van der Waals surface area (Å²) in [6, 6.07) is 3.50. The summed E-state index contributed by atoms with van der Waals surface area (Å²) in [4.78, 5) is 11.8. The van der Waals surface area contributed by atoms with Crippen molar-refractivity contribution in [2.45, 2.75) is 6.92 Å². The van der Waals surface area contributed by atoms with Crippen molar-refractivity contribution in [1.82, 2.24) is 5.32 Å². The maximum absolute atomic E-state index is 13.3. The fraction of sp³-hybridized carbons (Fsp3) is 0.417. The first-order chi connectivity index (χ1) is 8.09. The van der Waals surface area contributed by atoms with E-state index in [0.717, 1.165) is 25.2 Å². The molecular formula is C12H14F2N2O. The predicted molar refractivity (Wildman–Crippen MR) is 60.5 cm³/mol. The smallest absolute Gasteiger partial charge is 0.227 e. The molecule has 1 saturated heterocycles. The summed E-state index contributed by atoms with van der Waals surface area (Å²) in [5, 5.41) is 5.37. The first-order valence-electron chi connectivity index (χ1n) is 5.55. The standard InChI is InChI=1S/C12H14F2N2O/c1-7(8-5-15-6-8)12(17)16-11-9(13)3-2-4-10(11)14/h2-4,7-8,15H,5-6H2,1H3,(H,16,17). The molecule has 1 atom stereocenters. The largest absolute Gasteiger partial charge is 0.321 e. The van der Waals surface area contributed by atoms with E-state index in [1.165, 1.54) is 6.07 Å². The minimum Gasteiger partial charge on any atom is -0.321 e.